The lowest BCUT2D eigenvalue weighted by atomic mass is 10.2. The molecule has 0 aromatic carbocycles. The average Bonchev–Trinajstić information content (AvgIpc) is 3.18. The van der Waals surface area contributed by atoms with Crippen LogP contribution in [-0.2, 0) is 16.5 Å². The Morgan fingerprint density at radius 3 is 2.62 bits per heavy atom. The van der Waals surface area contributed by atoms with E-state index in [-0.39, 0.29) is 24.2 Å². The van der Waals surface area contributed by atoms with E-state index in [2.05, 4.69) is 35.6 Å². The number of anilines is 4. The monoisotopic (exact) mass is 447 g/mol. The van der Waals surface area contributed by atoms with Crippen LogP contribution in [0.1, 0.15) is 11.7 Å². The molecule has 13 heteroatoms. The second kappa shape index (κ2) is 9.78. The van der Waals surface area contributed by atoms with Crippen molar-refractivity contribution < 1.29 is 18.3 Å². The van der Waals surface area contributed by atoms with Gasteiger partial charge in [0.2, 0.25) is 17.8 Å². The summed E-state index contributed by atoms with van der Waals surface area (Å²) in [5.41, 5.74) is -0.0131. The Hall–Kier alpha value is -3.45. The molecule has 2 N–H and O–H groups in total. The van der Waals surface area contributed by atoms with E-state index in [9.17, 15) is 8.78 Å². The molecular formula is C19H23F2N9O2. The third-order valence-corrected chi connectivity index (χ3v) is 4.67. The van der Waals surface area contributed by atoms with Crippen molar-refractivity contribution in [2.45, 2.75) is 6.04 Å². The first-order valence-corrected chi connectivity index (χ1v) is 9.92. The zero-order chi connectivity index (χ0) is 22.5. The Kier molecular flexibility index (Phi) is 6.66. The van der Waals surface area contributed by atoms with Gasteiger partial charge in [0, 0.05) is 39.5 Å². The maximum atomic E-state index is 14.4. The van der Waals surface area contributed by atoms with Gasteiger partial charge in [-0.25, -0.2) is 13.8 Å². The van der Waals surface area contributed by atoms with Crippen molar-refractivity contribution in [1.29, 1.82) is 0 Å². The summed E-state index contributed by atoms with van der Waals surface area (Å²) in [6.45, 7) is 2.38. The van der Waals surface area contributed by atoms with Crippen molar-refractivity contribution in [3.05, 3.63) is 42.1 Å². The molecule has 32 heavy (non-hydrogen) atoms. The molecule has 0 bridgehead atoms. The SMILES string of the molecule is COCC(Nc1nc(Nc2cn(C)cn2)nc(N2CCOCC2)n1)c1ncc(F)cc1F. The number of hydrogen-bond acceptors (Lipinski definition) is 10. The summed E-state index contributed by atoms with van der Waals surface area (Å²) in [7, 11) is 3.31. The van der Waals surface area contributed by atoms with Gasteiger partial charge in [-0.3, -0.25) is 4.98 Å². The zero-order valence-corrected chi connectivity index (χ0v) is 17.6. The molecular weight excluding hydrogens is 424 g/mol. The second-order valence-corrected chi connectivity index (χ2v) is 7.10. The third kappa shape index (κ3) is 5.23. The summed E-state index contributed by atoms with van der Waals surface area (Å²) in [6.07, 6.45) is 4.36. The van der Waals surface area contributed by atoms with E-state index in [0.717, 1.165) is 12.3 Å². The number of rotatable bonds is 8. The van der Waals surface area contributed by atoms with E-state index in [1.165, 1.54) is 7.11 Å². The maximum Gasteiger partial charge on any atom is 0.235 e. The number of pyridine rings is 1. The van der Waals surface area contributed by atoms with Gasteiger partial charge in [0.15, 0.2) is 5.82 Å². The summed E-state index contributed by atoms with van der Waals surface area (Å²) < 4.78 is 40.1. The molecule has 1 atom stereocenters. The standard InChI is InChI=1S/C19H23F2N9O2/c1-29-9-15(23-11-29)25-18-26-17(27-19(28-18)30-3-5-32-6-4-30)24-14(10-31-2)16-13(21)7-12(20)8-22-16/h7-9,11,14H,3-6,10H2,1-2H3,(H2,24,25,26,27,28). The first kappa shape index (κ1) is 21.8. The van der Waals surface area contributed by atoms with E-state index < -0.39 is 17.7 Å². The predicted molar refractivity (Wildman–Crippen MR) is 112 cm³/mol. The van der Waals surface area contributed by atoms with Gasteiger partial charge in [-0.1, -0.05) is 0 Å². The number of halogens is 2. The summed E-state index contributed by atoms with van der Waals surface area (Å²) in [6, 6.07) is 0.0102. The quantitative estimate of drug-likeness (QED) is 0.528. The number of nitrogens with one attached hydrogen (secondary N) is 2. The Morgan fingerprint density at radius 2 is 1.94 bits per heavy atom. The smallest absolute Gasteiger partial charge is 0.235 e. The number of morpholine rings is 1. The molecule has 0 radical (unpaired) electrons. The van der Waals surface area contributed by atoms with Crippen molar-refractivity contribution in [2.24, 2.45) is 7.05 Å². The topological polar surface area (TPSA) is 115 Å². The van der Waals surface area contributed by atoms with Crippen LogP contribution in [0, 0.1) is 11.6 Å². The molecule has 170 valence electrons. The molecule has 4 heterocycles. The molecule has 3 aromatic rings. The zero-order valence-electron chi connectivity index (χ0n) is 17.6. The van der Waals surface area contributed by atoms with Crippen molar-refractivity contribution >= 4 is 23.7 Å². The molecule has 4 rings (SSSR count). The van der Waals surface area contributed by atoms with Gasteiger partial charge in [-0.05, 0) is 0 Å². The normalized spacial score (nSPS) is 14.9. The largest absolute Gasteiger partial charge is 0.382 e. The average molecular weight is 447 g/mol. The Bertz CT molecular complexity index is 1060. The minimum absolute atomic E-state index is 0.0131. The van der Waals surface area contributed by atoms with Crippen LogP contribution >= 0.6 is 0 Å². The highest BCUT2D eigenvalue weighted by molar-refractivity contribution is 5.52. The highest BCUT2D eigenvalue weighted by atomic mass is 19.1. The van der Waals surface area contributed by atoms with E-state index in [1.807, 2.05) is 11.9 Å². The maximum absolute atomic E-state index is 14.4. The fourth-order valence-corrected chi connectivity index (χ4v) is 3.17. The first-order valence-electron chi connectivity index (χ1n) is 9.92. The van der Waals surface area contributed by atoms with Crippen LogP contribution in [-0.4, -0.2) is 69.5 Å². The van der Waals surface area contributed by atoms with Crippen LogP contribution in [0.2, 0.25) is 0 Å². The van der Waals surface area contributed by atoms with E-state index in [0.29, 0.717) is 38.1 Å². The fourth-order valence-electron chi connectivity index (χ4n) is 3.17. The molecule has 1 aliphatic rings. The molecule has 11 nitrogen and oxygen atoms in total. The lowest BCUT2D eigenvalue weighted by Crippen LogP contribution is -2.37. The van der Waals surface area contributed by atoms with Crippen molar-refractivity contribution in [3.63, 3.8) is 0 Å². The fraction of sp³-hybridized carbons (Fsp3) is 0.421. The molecule has 1 fully saturated rings. The van der Waals surface area contributed by atoms with E-state index in [4.69, 9.17) is 9.47 Å². The lowest BCUT2D eigenvalue weighted by molar-refractivity contribution is 0.122. The minimum Gasteiger partial charge on any atom is -0.382 e. The molecule has 3 aromatic heterocycles. The number of hydrogen-bond donors (Lipinski definition) is 2. The van der Waals surface area contributed by atoms with Gasteiger partial charge in [0.05, 0.1) is 38.4 Å². The van der Waals surface area contributed by atoms with E-state index in [1.54, 1.807) is 17.1 Å². The number of nitrogens with zero attached hydrogens (tertiary/aromatic N) is 7. The van der Waals surface area contributed by atoms with Crippen LogP contribution in [0.4, 0.5) is 32.4 Å². The number of aromatic nitrogens is 6. The van der Waals surface area contributed by atoms with Gasteiger partial charge < -0.3 is 29.6 Å². The van der Waals surface area contributed by atoms with Gasteiger partial charge in [0.1, 0.15) is 17.3 Å². The van der Waals surface area contributed by atoms with Gasteiger partial charge in [-0.2, -0.15) is 15.0 Å². The van der Waals surface area contributed by atoms with Gasteiger partial charge >= 0.3 is 0 Å². The lowest BCUT2D eigenvalue weighted by Gasteiger charge is -2.27. The van der Waals surface area contributed by atoms with Gasteiger partial charge in [-0.15, -0.1) is 0 Å². The van der Waals surface area contributed by atoms with Crippen LogP contribution in [0.5, 0.6) is 0 Å². The van der Waals surface area contributed by atoms with Crippen LogP contribution < -0.4 is 15.5 Å². The van der Waals surface area contributed by atoms with Crippen LogP contribution in [0.15, 0.2) is 24.8 Å². The molecule has 0 amide bonds. The molecule has 0 aliphatic carbocycles. The number of methoxy groups -OCH3 is 1. The highest BCUT2D eigenvalue weighted by Crippen LogP contribution is 2.23. The molecule has 1 saturated heterocycles. The second-order valence-electron chi connectivity index (χ2n) is 7.10. The summed E-state index contributed by atoms with van der Waals surface area (Å²) in [5.74, 6) is -0.156. The predicted octanol–water partition coefficient (Wildman–Crippen LogP) is 1.66. The Labute approximate surface area is 182 Å². The minimum atomic E-state index is -0.797. The van der Waals surface area contributed by atoms with E-state index >= 15 is 0 Å². The van der Waals surface area contributed by atoms with Gasteiger partial charge in [0.25, 0.3) is 0 Å². The van der Waals surface area contributed by atoms with Crippen molar-refractivity contribution in [2.75, 3.05) is 55.6 Å². The summed E-state index contributed by atoms with van der Waals surface area (Å²) >= 11 is 0. The highest BCUT2D eigenvalue weighted by Gasteiger charge is 2.22. The Morgan fingerprint density at radius 1 is 1.16 bits per heavy atom. The van der Waals surface area contributed by atoms with Crippen molar-refractivity contribution in [3.8, 4) is 0 Å². The van der Waals surface area contributed by atoms with Crippen LogP contribution in [0.25, 0.3) is 0 Å². The summed E-state index contributed by atoms with van der Waals surface area (Å²) in [5, 5.41) is 6.08. The number of aryl methyl sites for hydroxylation is 1. The van der Waals surface area contributed by atoms with Crippen LogP contribution in [0.3, 0.4) is 0 Å². The Balaban J connectivity index is 1.66. The molecule has 0 saturated carbocycles. The number of imidazole rings is 1. The molecule has 0 spiro atoms. The molecule has 1 aliphatic heterocycles. The first-order chi connectivity index (χ1) is 15.5. The number of ether oxygens (including phenoxy) is 2. The molecule has 1 unspecified atom stereocenters. The summed E-state index contributed by atoms with van der Waals surface area (Å²) in [4.78, 5) is 23.4. The van der Waals surface area contributed by atoms with Crippen molar-refractivity contribution in [1.82, 2.24) is 29.5 Å². The third-order valence-electron chi connectivity index (χ3n) is 4.67.